The van der Waals surface area contributed by atoms with Crippen LogP contribution < -0.4 is 24.8 Å². The molecule has 0 spiro atoms. The molecule has 3 rings (SSSR count). The van der Waals surface area contributed by atoms with Crippen LogP contribution in [-0.2, 0) is 9.59 Å². The standard InChI is InChI=1S/C20H22N2O5/c1-25-14-7-4-12(5-8-14)21-19(23)15-11-16(15)20(24)22-13-6-9-17(26-2)18(10-13)27-3/h4-10,15-16H,11H2,1-3H3,(H,21,23)(H,22,24). The Morgan fingerprint density at radius 3 is 1.89 bits per heavy atom. The topological polar surface area (TPSA) is 85.9 Å². The van der Waals surface area contributed by atoms with E-state index in [1.807, 2.05) is 0 Å². The van der Waals surface area contributed by atoms with Gasteiger partial charge in [0.2, 0.25) is 11.8 Å². The predicted octanol–water partition coefficient (Wildman–Crippen LogP) is 2.93. The summed E-state index contributed by atoms with van der Waals surface area (Å²) in [5.41, 5.74) is 1.27. The van der Waals surface area contributed by atoms with E-state index in [4.69, 9.17) is 14.2 Å². The van der Waals surface area contributed by atoms with Gasteiger partial charge in [0, 0.05) is 17.4 Å². The Morgan fingerprint density at radius 1 is 0.778 bits per heavy atom. The van der Waals surface area contributed by atoms with Gasteiger partial charge in [-0.05, 0) is 42.8 Å². The zero-order chi connectivity index (χ0) is 19.4. The average molecular weight is 370 g/mol. The number of carbonyl (C=O) groups excluding carboxylic acids is 2. The maximum atomic E-state index is 12.4. The van der Waals surface area contributed by atoms with Crippen LogP contribution in [0.5, 0.6) is 17.2 Å². The first-order chi connectivity index (χ1) is 13.0. The molecule has 2 atom stereocenters. The molecule has 2 unspecified atom stereocenters. The first kappa shape index (κ1) is 18.6. The zero-order valence-electron chi connectivity index (χ0n) is 15.4. The molecule has 0 bridgehead atoms. The number of methoxy groups -OCH3 is 3. The summed E-state index contributed by atoms with van der Waals surface area (Å²) in [5, 5.41) is 5.65. The van der Waals surface area contributed by atoms with Crippen LogP contribution in [0, 0.1) is 11.8 Å². The van der Waals surface area contributed by atoms with Crippen molar-refractivity contribution >= 4 is 23.2 Å². The number of rotatable bonds is 7. The highest BCUT2D eigenvalue weighted by molar-refractivity contribution is 6.03. The minimum absolute atomic E-state index is 0.160. The van der Waals surface area contributed by atoms with Crippen molar-refractivity contribution in [1.82, 2.24) is 0 Å². The molecule has 1 saturated carbocycles. The first-order valence-electron chi connectivity index (χ1n) is 8.53. The van der Waals surface area contributed by atoms with Crippen LogP contribution in [0.2, 0.25) is 0 Å². The van der Waals surface area contributed by atoms with Gasteiger partial charge in [-0.3, -0.25) is 9.59 Å². The second kappa shape index (κ2) is 7.99. The Bertz CT molecular complexity index is 835. The third-order valence-corrected chi connectivity index (χ3v) is 4.47. The molecular weight excluding hydrogens is 348 g/mol. The third-order valence-electron chi connectivity index (χ3n) is 4.47. The summed E-state index contributed by atoms with van der Waals surface area (Å²) in [6, 6.07) is 12.2. The predicted molar refractivity (Wildman–Crippen MR) is 101 cm³/mol. The molecule has 7 nitrogen and oxygen atoms in total. The molecule has 7 heteroatoms. The summed E-state index contributed by atoms with van der Waals surface area (Å²) >= 11 is 0. The monoisotopic (exact) mass is 370 g/mol. The smallest absolute Gasteiger partial charge is 0.228 e. The van der Waals surface area contributed by atoms with E-state index in [2.05, 4.69) is 10.6 Å². The minimum Gasteiger partial charge on any atom is -0.497 e. The minimum atomic E-state index is -0.337. The van der Waals surface area contributed by atoms with Crippen LogP contribution in [0.3, 0.4) is 0 Å². The van der Waals surface area contributed by atoms with E-state index in [0.717, 1.165) is 0 Å². The number of nitrogens with one attached hydrogen (secondary N) is 2. The van der Waals surface area contributed by atoms with Crippen molar-refractivity contribution < 1.29 is 23.8 Å². The molecule has 0 saturated heterocycles. The Morgan fingerprint density at radius 2 is 1.33 bits per heavy atom. The third kappa shape index (κ3) is 4.31. The molecule has 0 aromatic heterocycles. The number of hydrogen-bond acceptors (Lipinski definition) is 5. The average Bonchev–Trinajstić information content (AvgIpc) is 3.49. The van der Waals surface area contributed by atoms with E-state index in [9.17, 15) is 9.59 Å². The lowest BCUT2D eigenvalue weighted by molar-refractivity contribution is -0.122. The van der Waals surface area contributed by atoms with Gasteiger partial charge in [0.1, 0.15) is 5.75 Å². The summed E-state index contributed by atoms with van der Waals surface area (Å²) in [5.74, 6) is 0.818. The second-order valence-corrected chi connectivity index (χ2v) is 6.23. The molecule has 0 heterocycles. The van der Waals surface area contributed by atoms with Gasteiger partial charge in [-0.2, -0.15) is 0 Å². The lowest BCUT2D eigenvalue weighted by Crippen LogP contribution is -2.20. The number of anilines is 2. The van der Waals surface area contributed by atoms with E-state index in [0.29, 0.717) is 35.0 Å². The maximum Gasteiger partial charge on any atom is 0.228 e. The SMILES string of the molecule is COc1ccc(NC(=O)C2CC2C(=O)Nc2ccc(OC)c(OC)c2)cc1. The van der Waals surface area contributed by atoms with Gasteiger partial charge < -0.3 is 24.8 Å². The van der Waals surface area contributed by atoms with Crippen molar-refractivity contribution in [1.29, 1.82) is 0 Å². The summed E-state index contributed by atoms with van der Waals surface area (Å²) in [4.78, 5) is 24.7. The highest BCUT2D eigenvalue weighted by atomic mass is 16.5. The van der Waals surface area contributed by atoms with Gasteiger partial charge in [-0.25, -0.2) is 0 Å². The maximum absolute atomic E-state index is 12.4. The van der Waals surface area contributed by atoms with Crippen molar-refractivity contribution in [2.45, 2.75) is 6.42 Å². The van der Waals surface area contributed by atoms with Crippen LogP contribution >= 0.6 is 0 Å². The lowest BCUT2D eigenvalue weighted by atomic mass is 10.2. The fourth-order valence-corrected chi connectivity index (χ4v) is 2.83. The normalized spacial score (nSPS) is 17.6. The molecule has 1 aliphatic rings. The van der Waals surface area contributed by atoms with Gasteiger partial charge in [0.15, 0.2) is 11.5 Å². The Labute approximate surface area is 157 Å². The molecule has 0 aliphatic heterocycles. The largest absolute Gasteiger partial charge is 0.497 e. The highest BCUT2D eigenvalue weighted by Gasteiger charge is 2.48. The van der Waals surface area contributed by atoms with Crippen molar-refractivity contribution in [3.63, 3.8) is 0 Å². The van der Waals surface area contributed by atoms with Crippen molar-refractivity contribution in [3.8, 4) is 17.2 Å². The van der Waals surface area contributed by atoms with Crippen LogP contribution in [0.1, 0.15) is 6.42 Å². The van der Waals surface area contributed by atoms with Gasteiger partial charge in [-0.1, -0.05) is 0 Å². The van der Waals surface area contributed by atoms with E-state index in [-0.39, 0.29) is 23.7 Å². The van der Waals surface area contributed by atoms with Crippen LogP contribution in [-0.4, -0.2) is 33.1 Å². The van der Waals surface area contributed by atoms with Crippen molar-refractivity contribution in [3.05, 3.63) is 42.5 Å². The molecule has 2 aromatic rings. The molecule has 2 aromatic carbocycles. The summed E-state index contributed by atoms with van der Waals surface area (Å²) in [6.45, 7) is 0. The van der Waals surface area contributed by atoms with Crippen LogP contribution in [0.15, 0.2) is 42.5 Å². The Hall–Kier alpha value is -3.22. The molecule has 142 valence electrons. The second-order valence-electron chi connectivity index (χ2n) is 6.23. The molecule has 27 heavy (non-hydrogen) atoms. The van der Waals surface area contributed by atoms with Crippen LogP contribution in [0.25, 0.3) is 0 Å². The zero-order valence-corrected chi connectivity index (χ0v) is 15.4. The Kier molecular flexibility index (Phi) is 5.49. The fraction of sp³-hybridized carbons (Fsp3) is 0.300. The number of benzene rings is 2. The number of amides is 2. The molecule has 2 amide bonds. The number of hydrogen-bond donors (Lipinski definition) is 2. The summed E-state index contributed by atoms with van der Waals surface area (Å²) in [6.07, 6.45) is 0.529. The molecule has 2 N–H and O–H groups in total. The molecule has 0 radical (unpaired) electrons. The summed E-state index contributed by atoms with van der Waals surface area (Å²) in [7, 11) is 4.66. The summed E-state index contributed by atoms with van der Waals surface area (Å²) < 4.78 is 15.5. The van der Waals surface area contributed by atoms with Crippen molar-refractivity contribution in [2.24, 2.45) is 11.8 Å². The first-order valence-corrected chi connectivity index (χ1v) is 8.53. The Balaban J connectivity index is 1.55. The van der Waals surface area contributed by atoms with Gasteiger partial charge in [-0.15, -0.1) is 0 Å². The van der Waals surface area contributed by atoms with Gasteiger partial charge in [0.25, 0.3) is 0 Å². The van der Waals surface area contributed by atoms with E-state index in [1.165, 1.54) is 7.11 Å². The van der Waals surface area contributed by atoms with E-state index < -0.39 is 0 Å². The van der Waals surface area contributed by atoms with Gasteiger partial charge >= 0.3 is 0 Å². The van der Waals surface area contributed by atoms with Crippen LogP contribution in [0.4, 0.5) is 11.4 Å². The van der Waals surface area contributed by atoms with Gasteiger partial charge in [0.05, 0.1) is 33.2 Å². The number of carbonyl (C=O) groups is 2. The van der Waals surface area contributed by atoms with E-state index in [1.54, 1.807) is 56.7 Å². The quantitative estimate of drug-likeness (QED) is 0.783. The van der Waals surface area contributed by atoms with E-state index >= 15 is 0 Å². The molecular formula is C20H22N2O5. The molecule has 1 fully saturated rings. The lowest BCUT2D eigenvalue weighted by Gasteiger charge is -2.10. The van der Waals surface area contributed by atoms with Crippen molar-refractivity contribution in [2.75, 3.05) is 32.0 Å². The number of ether oxygens (including phenoxy) is 3. The highest BCUT2D eigenvalue weighted by Crippen LogP contribution is 2.40. The molecule has 1 aliphatic carbocycles. The fourth-order valence-electron chi connectivity index (χ4n) is 2.83.